The lowest BCUT2D eigenvalue weighted by molar-refractivity contribution is -0.124. The Bertz CT molecular complexity index is 734. The minimum atomic E-state index is -0.605. The molecule has 3 N–H and O–H groups in total. The highest BCUT2D eigenvalue weighted by Gasteiger charge is 2.38. The van der Waals surface area contributed by atoms with Gasteiger partial charge in [0.25, 0.3) is 5.91 Å². The Balaban J connectivity index is 1.64. The second-order valence-electron chi connectivity index (χ2n) is 5.41. The van der Waals surface area contributed by atoms with Crippen LogP contribution in [0.2, 0.25) is 5.02 Å². The number of hydrogen-bond donors (Lipinski definition) is 3. The van der Waals surface area contributed by atoms with Gasteiger partial charge in [-0.05, 0) is 29.7 Å². The summed E-state index contributed by atoms with van der Waals surface area (Å²) < 4.78 is 0. The Hall–Kier alpha value is -2.37. The number of nitrogens with zero attached hydrogens (tertiary/aromatic N) is 1. The molecule has 1 heterocycles. The lowest BCUT2D eigenvalue weighted by Crippen LogP contribution is -2.14. The van der Waals surface area contributed by atoms with Crippen LogP contribution in [0.3, 0.4) is 0 Å². The van der Waals surface area contributed by atoms with Crippen LogP contribution in [0.15, 0.2) is 48.7 Å². The van der Waals surface area contributed by atoms with Gasteiger partial charge in [-0.1, -0.05) is 41.9 Å². The SMILES string of the molecule is O=C(C=Cc1cnc(NC2CC2c2ccccc2)c(Cl)c1)NO. The molecule has 0 spiro atoms. The smallest absolute Gasteiger partial charge is 0.267 e. The number of halogens is 1. The molecule has 2 unspecified atom stereocenters. The topological polar surface area (TPSA) is 74.2 Å². The molecule has 23 heavy (non-hydrogen) atoms. The van der Waals surface area contributed by atoms with Gasteiger partial charge in [0.15, 0.2) is 0 Å². The van der Waals surface area contributed by atoms with Crippen molar-refractivity contribution in [3.05, 3.63) is 64.8 Å². The highest BCUT2D eigenvalue weighted by Crippen LogP contribution is 2.43. The van der Waals surface area contributed by atoms with Crippen molar-refractivity contribution in [3.63, 3.8) is 0 Å². The van der Waals surface area contributed by atoms with Crippen LogP contribution in [-0.2, 0) is 4.79 Å². The molecule has 2 atom stereocenters. The molecule has 1 fully saturated rings. The van der Waals surface area contributed by atoms with Crippen LogP contribution in [0.25, 0.3) is 6.08 Å². The van der Waals surface area contributed by atoms with Gasteiger partial charge in [-0.25, -0.2) is 10.5 Å². The van der Waals surface area contributed by atoms with Gasteiger partial charge in [0.1, 0.15) is 5.82 Å². The van der Waals surface area contributed by atoms with Crippen molar-refractivity contribution in [1.29, 1.82) is 0 Å². The van der Waals surface area contributed by atoms with E-state index in [2.05, 4.69) is 22.4 Å². The summed E-state index contributed by atoms with van der Waals surface area (Å²) in [6.07, 6.45) is 5.40. The van der Waals surface area contributed by atoms with Crippen LogP contribution < -0.4 is 10.8 Å². The van der Waals surface area contributed by atoms with E-state index >= 15 is 0 Å². The minimum absolute atomic E-state index is 0.337. The molecule has 118 valence electrons. The first kappa shape index (κ1) is 15.5. The van der Waals surface area contributed by atoms with Crippen molar-refractivity contribution in [3.8, 4) is 0 Å². The Morgan fingerprint density at radius 3 is 2.83 bits per heavy atom. The largest absolute Gasteiger partial charge is 0.365 e. The maximum Gasteiger partial charge on any atom is 0.267 e. The number of benzene rings is 1. The number of hydrogen-bond acceptors (Lipinski definition) is 4. The number of nitrogens with one attached hydrogen (secondary N) is 2. The summed E-state index contributed by atoms with van der Waals surface area (Å²) in [6, 6.07) is 12.4. The Kier molecular flexibility index (Phi) is 4.60. The van der Waals surface area contributed by atoms with E-state index in [0.717, 1.165) is 6.42 Å². The van der Waals surface area contributed by atoms with E-state index in [9.17, 15) is 4.79 Å². The van der Waals surface area contributed by atoms with Crippen LogP contribution in [0.1, 0.15) is 23.5 Å². The molecule has 1 saturated carbocycles. The zero-order valence-corrected chi connectivity index (χ0v) is 13.0. The van der Waals surface area contributed by atoms with Gasteiger partial charge in [-0.3, -0.25) is 10.0 Å². The normalized spacial score (nSPS) is 19.6. The molecular weight excluding hydrogens is 314 g/mol. The van der Waals surface area contributed by atoms with Gasteiger partial charge in [0, 0.05) is 24.2 Å². The van der Waals surface area contributed by atoms with Gasteiger partial charge in [0.2, 0.25) is 0 Å². The summed E-state index contributed by atoms with van der Waals surface area (Å²) in [5, 5.41) is 12.3. The van der Waals surface area contributed by atoms with E-state index in [-0.39, 0.29) is 0 Å². The summed E-state index contributed by atoms with van der Waals surface area (Å²) in [6.45, 7) is 0. The maximum atomic E-state index is 10.9. The molecule has 0 radical (unpaired) electrons. The molecule has 1 aromatic heterocycles. The monoisotopic (exact) mass is 329 g/mol. The van der Waals surface area contributed by atoms with Crippen LogP contribution in [0, 0.1) is 0 Å². The fraction of sp³-hybridized carbons (Fsp3) is 0.176. The van der Waals surface area contributed by atoms with Crippen LogP contribution in [-0.4, -0.2) is 22.1 Å². The standard InChI is InChI=1S/C17H16ClN3O2/c18-14-8-11(6-7-16(22)21-23)10-19-17(14)20-15-9-13(15)12-4-2-1-3-5-12/h1-8,10,13,15,23H,9H2,(H,19,20)(H,21,22). The molecular formula is C17H16ClN3O2. The van der Waals surface area contributed by atoms with E-state index in [1.165, 1.54) is 23.2 Å². The number of amides is 1. The average molecular weight is 330 g/mol. The predicted molar refractivity (Wildman–Crippen MR) is 89.4 cm³/mol. The third-order valence-electron chi connectivity index (χ3n) is 3.74. The second-order valence-corrected chi connectivity index (χ2v) is 5.82. The van der Waals surface area contributed by atoms with Crippen molar-refractivity contribution in [2.24, 2.45) is 0 Å². The molecule has 6 heteroatoms. The first-order valence-corrected chi connectivity index (χ1v) is 7.64. The van der Waals surface area contributed by atoms with E-state index in [1.54, 1.807) is 12.3 Å². The number of anilines is 1. The lowest BCUT2D eigenvalue weighted by Gasteiger charge is -2.08. The van der Waals surface area contributed by atoms with Gasteiger partial charge >= 0.3 is 0 Å². The van der Waals surface area contributed by atoms with Gasteiger partial charge in [-0.2, -0.15) is 0 Å². The molecule has 1 amide bonds. The summed E-state index contributed by atoms with van der Waals surface area (Å²) in [5.41, 5.74) is 3.52. The van der Waals surface area contributed by atoms with Gasteiger partial charge < -0.3 is 5.32 Å². The lowest BCUT2D eigenvalue weighted by atomic mass is 10.1. The van der Waals surface area contributed by atoms with Crippen molar-refractivity contribution < 1.29 is 10.0 Å². The molecule has 0 bridgehead atoms. The number of aromatic nitrogens is 1. The number of carbonyl (C=O) groups is 1. The first-order valence-electron chi connectivity index (χ1n) is 7.26. The zero-order chi connectivity index (χ0) is 16.2. The Morgan fingerprint density at radius 2 is 2.13 bits per heavy atom. The number of hydroxylamine groups is 1. The van der Waals surface area contributed by atoms with Crippen molar-refractivity contribution in [1.82, 2.24) is 10.5 Å². The van der Waals surface area contributed by atoms with E-state index < -0.39 is 5.91 Å². The van der Waals surface area contributed by atoms with Gasteiger partial charge in [-0.15, -0.1) is 0 Å². The van der Waals surface area contributed by atoms with E-state index in [4.69, 9.17) is 16.8 Å². The molecule has 1 aliphatic rings. The van der Waals surface area contributed by atoms with Crippen LogP contribution >= 0.6 is 11.6 Å². The van der Waals surface area contributed by atoms with Crippen molar-refractivity contribution in [2.45, 2.75) is 18.4 Å². The molecule has 1 aromatic carbocycles. The minimum Gasteiger partial charge on any atom is -0.365 e. The fourth-order valence-corrected chi connectivity index (χ4v) is 2.69. The number of rotatable bonds is 5. The van der Waals surface area contributed by atoms with Crippen molar-refractivity contribution >= 4 is 29.4 Å². The zero-order valence-electron chi connectivity index (χ0n) is 12.2. The molecule has 0 saturated heterocycles. The quantitative estimate of drug-likeness (QED) is 0.447. The van der Waals surface area contributed by atoms with Gasteiger partial charge in [0.05, 0.1) is 5.02 Å². The Morgan fingerprint density at radius 1 is 1.35 bits per heavy atom. The third kappa shape index (κ3) is 3.88. The molecule has 5 nitrogen and oxygen atoms in total. The molecule has 1 aliphatic carbocycles. The number of carbonyl (C=O) groups excluding carboxylic acids is 1. The molecule has 2 aromatic rings. The second kappa shape index (κ2) is 6.81. The van der Waals surface area contributed by atoms with E-state index in [0.29, 0.717) is 28.4 Å². The molecule has 3 rings (SSSR count). The third-order valence-corrected chi connectivity index (χ3v) is 4.03. The highest BCUT2D eigenvalue weighted by molar-refractivity contribution is 6.33. The highest BCUT2D eigenvalue weighted by atomic mass is 35.5. The predicted octanol–water partition coefficient (Wildman–Crippen LogP) is 3.22. The van der Waals surface area contributed by atoms with E-state index in [1.807, 2.05) is 18.2 Å². The fourth-order valence-electron chi connectivity index (χ4n) is 2.46. The molecule has 0 aliphatic heterocycles. The summed E-state index contributed by atoms with van der Waals surface area (Å²) in [5.74, 6) is 0.521. The first-order chi connectivity index (χ1) is 11.2. The van der Waals surface area contributed by atoms with Crippen molar-refractivity contribution in [2.75, 3.05) is 5.32 Å². The Labute approximate surface area is 139 Å². The summed E-state index contributed by atoms with van der Waals surface area (Å²) in [4.78, 5) is 15.2. The maximum absolute atomic E-state index is 10.9. The summed E-state index contributed by atoms with van der Waals surface area (Å²) >= 11 is 6.24. The van der Waals surface area contributed by atoms with Crippen LogP contribution in [0.5, 0.6) is 0 Å². The number of pyridine rings is 1. The summed E-state index contributed by atoms with van der Waals surface area (Å²) in [7, 11) is 0. The van der Waals surface area contributed by atoms with Crippen LogP contribution in [0.4, 0.5) is 5.82 Å². The average Bonchev–Trinajstić information content (AvgIpc) is 3.35.